The van der Waals surface area contributed by atoms with Crippen LogP contribution in [0.3, 0.4) is 0 Å². The van der Waals surface area contributed by atoms with Crippen LogP contribution < -0.4 is 16.0 Å². The molecule has 29 heavy (non-hydrogen) atoms. The first-order valence-electron chi connectivity index (χ1n) is 10.3. The van der Waals surface area contributed by atoms with Gasteiger partial charge in [0.2, 0.25) is 5.91 Å². The molecule has 0 aliphatic carbocycles. The summed E-state index contributed by atoms with van der Waals surface area (Å²) in [5.74, 6) is -0.483. The normalized spacial score (nSPS) is 13.8. The Kier molecular flexibility index (Phi) is 10.4. The zero-order valence-electron chi connectivity index (χ0n) is 19.6. The Morgan fingerprint density at radius 2 is 1.41 bits per heavy atom. The monoisotopic (exact) mass is 411 g/mol. The summed E-state index contributed by atoms with van der Waals surface area (Å²) in [6.45, 7) is 20.8. The third-order valence-corrected chi connectivity index (χ3v) is 5.61. The lowest BCUT2D eigenvalue weighted by molar-refractivity contribution is -0.139. The van der Waals surface area contributed by atoms with Crippen LogP contribution in [0.1, 0.15) is 68.2 Å². The van der Waals surface area contributed by atoms with Crippen molar-refractivity contribution < 1.29 is 19.1 Å². The van der Waals surface area contributed by atoms with E-state index in [0.29, 0.717) is 18.7 Å². The first-order valence-corrected chi connectivity index (χ1v) is 10.3. The largest absolute Gasteiger partial charge is 0.460 e. The second kappa shape index (κ2) is 11.2. The maximum Gasteiger partial charge on any atom is 0.333 e. The fourth-order valence-corrected chi connectivity index (χ4v) is 2.81. The lowest BCUT2D eigenvalue weighted by Crippen LogP contribution is -2.51. The second-order valence-electron chi connectivity index (χ2n) is 9.63. The van der Waals surface area contributed by atoms with E-state index < -0.39 is 11.4 Å². The van der Waals surface area contributed by atoms with Crippen molar-refractivity contribution in [3.8, 4) is 0 Å². The average Bonchev–Trinajstić information content (AvgIpc) is 2.60. The SMILES string of the molecule is C=C(C)C(=O)OCCNC(=O)NCCNC(=O)C(C)(CC(C)(C)CC)C(C)(C)C. The van der Waals surface area contributed by atoms with E-state index in [0.717, 1.165) is 12.8 Å². The maximum absolute atomic E-state index is 13.0. The van der Waals surface area contributed by atoms with Gasteiger partial charge in [-0.15, -0.1) is 0 Å². The van der Waals surface area contributed by atoms with Crippen molar-refractivity contribution in [3.63, 3.8) is 0 Å². The summed E-state index contributed by atoms with van der Waals surface area (Å²) >= 11 is 0. The van der Waals surface area contributed by atoms with E-state index in [4.69, 9.17) is 4.74 Å². The molecule has 0 saturated heterocycles. The lowest BCUT2D eigenvalue weighted by atomic mass is 9.60. The number of rotatable bonds is 11. The number of ether oxygens (including phenoxy) is 1. The molecule has 0 aromatic rings. The molecule has 0 bridgehead atoms. The van der Waals surface area contributed by atoms with Gasteiger partial charge >= 0.3 is 12.0 Å². The zero-order chi connectivity index (χ0) is 22.9. The summed E-state index contributed by atoms with van der Waals surface area (Å²) in [7, 11) is 0. The van der Waals surface area contributed by atoms with Gasteiger partial charge in [0.05, 0.1) is 12.0 Å². The van der Waals surface area contributed by atoms with Crippen LogP contribution in [-0.4, -0.2) is 44.1 Å². The molecule has 0 aliphatic heterocycles. The topological polar surface area (TPSA) is 96.5 Å². The molecule has 0 aromatic carbocycles. The smallest absolute Gasteiger partial charge is 0.333 e. The van der Waals surface area contributed by atoms with Crippen LogP contribution in [-0.2, 0) is 14.3 Å². The minimum absolute atomic E-state index is 0.000408. The maximum atomic E-state index is 13.0. The van der Waals surface area contributed by atoms with Crippen molar-refractivity contribution >= 4 is 17.9 Å². The minimum Gasteiger partial charge on any atom is -0.460 e. The number of hydrogen-bond acceptors (Lipinski definition) is 4. The fourth-order valence-electron chi connectivity index (χ4n) is 2.81. The van der Waals surface area contributed by atoms with Crippen LogP contribution in [0.2, 0.25) is 0 Å². The predicted octanol–water partition coefficient (Wildman–Crippen LogP) is 3.40. The molecule has 0 aromatic heterocycles. The van der Waals surface area contributed by atoms with E-state index in [2.05, 4.69) is 64.1 Å². The highest BCUT2D eigenvalue weighted by atomic mass is 16.5. The molecule has 1 unspecified atom stereocenters. The number of hydrogen-bond donors (Lipinski definition) is 3. The van der Waals surface area contributed by atoms with Crippen LogP contribution >= 0.6 is 0 Å². The first kappa shape index (κ1) is 27.0. The molecule has 0 fully saturated rings. The predicted molar refractivity (Wildman–Crippen MR) is 116 cm³/mol. The summed E-state index contributed by atoms with van der Waals surface area (Å²) in [5, 5.41) is 8.23. The number of nitrogens with one attached hydrogen (secondary N) is 3. The van der Waals surface area contributed by atoms with Gasteiger partial charge in [-0.1, -0.05) is 61.5 Å². The molecule has 168 valence electrons. The summed E-state index contributed by atoms with van der Waals surface area (Å²) in [5.41, 5.74) is -0.350. The summed E-state index contributed by atoms with van der Waals surface area (Å²) in [6.07, 6.45) is 1.78. The molecule has 3 amide bonds. The molecule has 3 N–H and O–H groups in total. The van der Waals surface area contributed by atoms with Crippen LogP contribution in [0.5, 0.6) is 0 Å². The third kappa shape index (κ3) is 9.33. The average molecular weight is 412 g/mol. The molecular formula is C22H41N3O4. The zero-order valence-corrected chi connectivity index (χ0v) is 19.6. The molecule has 7 nitrogen and oxygen atoms in total. The Morgan fingerprint density at radius 1 is 0.897 bits per heavy atom. The summed E-state index contributed by atoms with van der Waals surface area (Å²) < 4.78 is 4.89. The van der Waals surface area contributed by atoms with Gasteiger partial charge in [-0.2, -0.15) is 0 Å². The van der Waals surface area contributed by atoms with Crippen LogP contribution in [0.4, 0.5) is 4.79 Å². The highest BCUT2D eigenvalue weighted by Gasteiger charge is 2.46. The standard InChI is InChI=1S/C22H41N3O4/c1-10-21(7,8)15-22(9,20(4,5)6)18(27)23-11-12-24-19(28)25-13-14-29-17(26)16(2)3/h2,10-15H2,1,3-9H3,(H,23,27)(H2,24,25,28). The van der Waals surface area contributed by atoms with E-state index >= 15 is 0 Å². The highest BCUT2D eigenvalue weighted by molar-refractivity contribution is 5.87. The molecule has 0 aliphatic rings. The van der Waals surface area contributed by atoms with Gasteiger partial charge in [-0.3, -0.25) is 4.79 Å². The van der Waals surface area contributed by atoms with E-state index in [9.17, 15) is 14.4 Å². The quantitative estimate of drug-likeness (QED) is 0.276. The Bertz CT molecular complexity index is 593. The molecular weight excluding hydrogens is 370 g/mol. The van der Waals surface area contributed by atoms with Crippen LogP contribution in [0, 0.1) is 16.2 Å². The van der Waals surface area contributed by atoms with Crippen molar-refractivity contribution in [3.05, 3.63) is 12.2 Å². The lowest BCUT2D eigenvalue weighted by Gasteiger charge is -2.45. The molecule has 1 atom stereocenters. The molecule has 0 radical (unpaired) electrons. The highest BCUT2D eigenvalue weighted by Crippen LogP contribution is 2.47. The fraction of sp³-hybridized carbons (Fsp3) is 0.773. The van der Waals surface area contributed by atoms with Crippen molar-refractivity contribution in [1.82, 2.24) is 16.0 Å². The van der Waals surface area contributed by atoms with Gasteiger partial charge in [0.15, 0.2) is 0 Å². The number of carbonyl (C=O) groups is 3. The van der Waals surface area contributed by atoms with Gasteiger partial charge in [0.25, 0.3) is 0 Å². The number of amides is 3. The Balaban J connectivity index is 4.42. The van der Waals surface area contributed by atoms with Gasteiger partial charge in [-0.25, -0.2) is 9.59 Å². The summed E-state index contributed by atoms with van der Waals surface area (Å²) in [6, 6.07) is -0.378. The van der Waals surface area contributed by atoms with Crippen LogP contribution in [0.15, 0.2) is 12.2 Å². The number of esters is 1. The minimum atomic E-state index is -0.526. The molecule has 0 saturated carbocycles. The van der Waals surface area contributed by atoms with E-state index in [1.807, 2.05) is 6.92 Å². The number of urea groups is 1. The van der Waals surface area contributed by atoms with Crippen molar-refractivity contribution in [2.45, 2.75) is 68.2 Å². The molecule has 7 heteroatoms. The van der Waals surface area contributed by atoms with Gasteiger partial charge < -0.3 is 20.7 Å². The second-order valence-corrected chi connectivity index (χ2v) is 9.63. The molecule has 0 spiro atoms. The Labute approximate surface area is 176 Å². The third-order valence-electron chi connectivity index (χ3n) is 5.61. The van der Waals surface area contributed by atoms with Crippen LogP contribution in [0.25, 0.3) is 0 Å². The van der Waals surface area contributed by atoms with Crippen molar-refractivity contribution in [2.24, 2.45) is 16.2 Å². The molecule has 0 heterocycles. The Morgan fingerprint density at radius 3 is 1.90 bits per heavy atom. The Hall–Kier alpha value is -2.05. The van der Waals surface area contributed by atoms with E-state index in [1.54, 1.807) is 6.92 Å². The summed E-state index contributed by atoms with van der Waals surface area (Å²) in [4.78, 5) is 36.0. The van der Waals surface area contributed by atoms with Crippen molar-refractivity contribution in [1.29, 1.82) is 0 Å². The van der Waals surface area contributed by atoms with E-state index in [1.165, 1.54) is 0 Å². The first-order chi connectivity index (χ1) is 13.2. The van der Waals surface area contributed by atoms with Gasteiger partial charge in [0, 0.05) is 18.7 Å². The van der Waals surface area contributed by atoms with Crippen molar-refractivity contribution in [2.75, 3.05) is 26.2 Å². The molecule has 0 rings (SSSR count). The van der Waals surface area contributed by atoms with E-state index in [-0.39, 0.29) is 35.9 Å². The van der Waals surface area contributed by atoms with Gasteiger partial charge in [-0.05, 0) is 24.2 Å². The van der Waals surface area contributed by atoms with Gasteiger partial charge in [0.1, 0.15) is 6.61 Å². The number of carbonyl (C=O) groups excluding carboxylic acids is 3.